The van der Waals surface area contributed by atoms with Gasteiger partial charge >= 0.3 is 5.97 Å². The lowest BCUT2D eigenvalue weighted by Gasteiger charge is -2.20. The number of amides is 1. The van der Waals surface area contributed by atoms with Crippen molar-refractivity contribution in [2.75, 3.05) is 13.1 Å². The van der Waals surface area contributed by atoms with E-state index < -0.39 is 12.0 Å². The number of carbonyl (C=O) groups is 2. The van der Waals surface area contributed by atoms with Gasteiger partial charge in [0.1, 0.15) is 6.04 Å². The largest absolute Gasteiger partial charge is 0.480 e. The Kier molecular flexibility index (Phi) is 3.34. The zero-order valence-electron chi connectivity index (χ0n) is 9.19. The molecule has 5 heteroatoms. The van der Waals surface area contributed by atoms with E-state index in [0.717, 1.165) is 6.42 Å². The molecule has 0 radical (unpaired) electrons. The summed E-state index contributed by atoms with van der Waals surface area (Å²) >= 11 is 0. The highest BCUT2D eigenvalue weighted by molar-refractivity contribution is 5.84. The molecule has 0 aromatic rings. The minimum absolute atomic E-state index is 0.0973. The van der Waals surface area contributed by atoms with Gasteiger partial charge in [0.25, 0.3) is 0 Å². The van der Waals surface area contributed by atoms with Crippen molar-refractivity contribution in [3.8, 4) is 0 Å². The van der Waals surface area contributed by atoms with Crippen molar-refractivity contribution in [2.24, 2.45) is 11.1 Å². The topological polar surface area (TPSA) is 83.6 Å². The molecule has 0 saturated carbocycles. The smallest absolute Gasteiger partial charge is 0.320 e. The highest BCUT2D eigenvalue weighted by atomic mass is 16.4. The van der Waals surface area contributed by atoms with Crippen molar-refractivity contribution in [1.82, 2.24) is 4.90 Å². The summed E-state index contributed by atoms with van der Waals surface area (Å²) in [5.41, 5.74) is 5.07. The summed E-state index contributed by atoms with van der Waals surface area (Å²) in [6.07, 6.45) is 1.14. The molecule has 0 aromatic carbocycles. The quantitative estimate of drug-likeness (QED) is 0.692. The van der Waals surface area contributed by atoms with Crippen LogP contribution in [0, 0.1) is 5.41 Å². The fourth-order valence-electron chi connectivity index (χ4n) is 1.68. The van der Waals surface area contributed by atoms with E-state index in [4.69, 9.17) is 10.8 Å². The summed E-state index contributed by atoms with van der Waals surface area (Å²) in [5.74, 6) is -0.916. The number of nitrogens with zero attached hydrogens (tertiary/aromatic N) is 1. The maximum absolute atomic E-state index is 11.7. The molecule has 1 aliphatic heterocycles. The van der Waals surface area contributed by atoms with Gasteiger partial charge in [0.05, 0.1) is 0 Å². The molecule has 1 amide bonds. The van der Waals surface area contributed by atoms with Crippen LogP contribution in [-0.4, -0.2) is 41.0 Å². The second-order valence-electron chi connectivity index (χ2n) is 4.66. The molecule has 0 aromatic heterocycles. The number of likely N-dealkylation sites (tertiary alicyclic amines) is 1. The summed E-state index contributed by atoms with van der Waals surface area (Å²) in [6, 6.07) is -0.874. The molecule has 1 unspecified atom stereocenters. The SMILES string of the molecule is CC1(C)CCN(CCC(N)C(=O)O)C1=O. The van der Waals surface area contributed by atoms with Gasteiger partial charge in [-0.05, 0) is 12.8 Å². The predicted octanol–water partition coefficient (Wildman–Crippen LogP) is 0.0469. The van der Waals surface area contributed by atoms with E-state index in [1.54, 1.807) is 4.90 Å². The molecule has 1 fully saturated rings. The van der Waals surface area contributed by atoms with E-state index in [0.29, 0.717) is 19.5 Å². The number of aliphatic carboxylic acids is 1. The number of hydrogen-bond donors (Lipinski definition) is 2. The Morgan fingerprint density at radius 3 is 2.67 bits per heavy atom. The molecule has 3 N–H and O–H groups in total. The Hall–Kier alpha value is -1.10. The number of hydrogen-bond acceptors (Lipinski definition) is 3. The number of carboxylic acids is 1. The first-order chi connectivity index (χ1) is 6.84. The highest BCUT2D eigenvalue weighted by Crippen LogP contribution is 2.30. The lowest BCUT2D eigenvalue weighted by Crippen LogP contribution is -2.37. The molecule has 1 saturated heterocycles. The summed E-state index contributed by atoms with van der Waals surface area (Å²) in [4.78, 5) is 23.9. The van der Waals surface area contributed by atoms with Gasteiger partial charge < -0.3 is 15.7 Å². The van der Waals surface area contributed by atoms with E-state index >= 15 is 0 Å². The van der Waals surface area contributed by atoms with Gasteiger partial charge in [-0.25, -0.2) is 0 Å². The maximum atomic E-state index is 11.7. The van der Waals surface area contributed by atoms with Gasteiger partial charge in [0.2, 0.25) is 5.91 Å². The van der Waals surface area contributed by atoms with E-state index in [-0.39, 0.29) is 11.3 Å². The third-order valence-corrected chi connectivity index (χ3v) is 2.90. The number of carboxylic acid groups (broad SMARTS) is 1. The van der Waals surface area contributed by atoms with E-state index in [1.807, 2.05) is 13.8 Å². The molecule has 1 rings (SSSR count). The first-order valence-electron chi connectivity index (χ1n) is 5.12. The molecule has 1 heterocycles. The minimum atomic E-state index is -1.01. The Labute approximate surface area is 89.2 Å². The Balaban J connectivity index is 2.42. The van der Waals surface area contributed by atoms with Crippen molar-refractivity contribution in [3.05, 3.63) is 0 Å². The molecule has 1 aliphatic rings. The normalized spacial score (nSPS) is 21.8. The Morgan fingerprint density at radius 2 is 2.27 bits per heavy atom. The third-order valence-electron chi connectivity index (χ3n) is 2.90. The van der Waals surface area contributed by atoms with Crippen LogP contribution in [0.3, 0.4) is 0 Å². The summed E-state index contributed by atoms with van der Waals surface area (Å²) < 4.78 is 0. The van der Waals surface area contributed by atoms with Gasteiger partial charge in [-0.1, -0.05) is 13.8 Å². The lowest BCUT2D eigenvalue weighted by atomic mass is 9.92. The Morgan fingerprint density at radius 1 is 1.67 bits per heavy atom. The van der Waals surface area contributed by atoms with Crippen LogP contribution >= 0.6 is 0 Å². The minimum Gasteiger partial charge on any atom is -0.480 e. The van der Waals surface area contributed by atoms with Crippen molar-refractivity contribution in [3.63, 3.8) is 0 Å². The zero-order chi connectivity index (χ0) is 11.6. The highest BCUT2D eigenvalue weighted by Gasteiger charge is 2.38. The molecule has 0 aliphatic carbocycles. The van der Waals surface area contributed by atoms with Crippen LogP contribution in [0.25, 0.3) is 0 Å². The average molecular weight is 214 g/mol. The van der Waals surface area contributed by atoms with Crippen LogP contribution in [0.2, 0.25) is 0 Å². The van der Waals surface area contributed by atoms with E-state index in [9.17, 15) is 9.59 Å². The van der Waals surface area contributed by atoms with Crippen LogP contribution < -0.4 is 5.73 Å². The van der Waals surface area contributed by atoms with Crippen LogP contribution in [-0.2, 0) is 9.59 Å². The van der Waals surface area contributed by atoms with Gasteiger partial charge in [-0.15, -0.1) is 0 Å². The molecule has 0 bridgehead atoms. The fraction of sp³-hybridized carbons (Fsp3) is 0.800. The molecule has 0 spiro atoms. The predicted molar refractivity (Wildman–Crippen MR) is 55.2 cm³/mol. The van der Waals surface area contributed by atoms with Crippen molar-refractivity contribution >= 4 is 11.9 Å². The second-order valence-corrected chi connectivity index (χ2v) is 4.66. The summed E-state index contributed by atoms with van der Waals surface area (Å²) in [6.45, 7) is 4.97. The molecule has 1 atom stereocenters. The number of rotatable bonds is 4. The van der Waals surface area contributed by atoms with Crippen molar-refractivity contribution < 1.29 is 14.7 Å². The first kappa shape index (κ1) is 12.0. The zero-order valence-corrected chi connectivity index (χ0v) is 9.19. The van der Waals surface area contributed by atoms with E-state index in [1.165, 1.54) is 0 Å². The van der Waals surface area contributed by atoms with Crippen LogP contribution in [0.15, 0.2) is 0 Å². The van der Waals surface area contributed by atoms with Crippen LogP contribution in [0.1, 0.15) is 26.7 Å². The van der Waals surface area contributed by atoms with Gasteiger partial charge in [-0.2, -0.15) is 0 Å². The van der Waals surface area contributed by atoms with Crippen LogP contribution in [0.5, 0.6) is 0 Å². The lowest BCUT2D eigenvalue weighted by molar-refractivity contribution is -0.140. The van der Waals surface area contributed by atoms with E-state index in [2.05, 4.69) is 0 Å². The molecule has 86 valence electrons. The number of nitrogens with two attached hydrogens (primary N) is 1. The molecular formula is C10H18N2O3. The van der Waals surface area contributed by atoms with Gasteiger partial charge in [0, 0.05) is 18.5 Å². The summed E-state index contributed by atoms with van der Waals surface area (Å²) in [7, 11) is 0. The third kappa shape index (κ3) is 2.68. The Bertz CT molecular complexity index is 276. The monoisotopic (exact) mass is 214 g/mol. The molecule has 15 heavy (non-hydrogen) atoms. The summed E-state index contributed by atoms with van der Waals surface area (Å²) in [5, 5.41) is 8.60. The van der Waals surface area contributed by atoms with Crippen molar-refractivity contribution in [1.29, 1.82) is 0 Å². The molecule has 5 nitrogen and oxygen atoms in total. The fourth-order valence-corrected chi connectivity index (χ4v) is 1.68. The van der Waals surface area contributed by atoms with Crippen molar-refractivity contribution in [2.45, 2.75) is 32.7 Å². The average Bonchev–Trinajstić information content (AvgIpc) is 2.39. The van der Waals surface area contributed by atoms with Crippen LogP contribution in [0.4, 0.5) is 0 Å². The standard InChI is InChI=1S/C10H18N2O3/c1-10(2)4-6-12(9(10)15)5-3-7(11)8(13)14/h7H,3-6,11H2,1-2H3,(H,13,14). The first-order valence-corrected chi connectivity index (χ1v) is 5.12. The van der Waals surface area contributed by atoms with Gasteiger partial charge in [-0.3, -0.25) is 9.59 Å². The van der Waals surface area contributed by atoms with Gasteiger partial charge in [0.15, 0.2) is 0 Å². The maximum Gasteiger partial charge on any atom is 0.320 e. The molecular weight excluding hydrogens is 196 g/mol. The second kappa shape index (κ2) is 4.18. The number of carbonyl (C=O) groups excluding carboxylic acids is 1.